The van der Waals surface area contributed by atoms with E-state index in [1.807, 2.05) is 18.2 Å². The number of carboxylic acid groups (broad SMARTS) is 1. The molecular formula is C19H20N2O3. The third kappa shape index (κ3) is 2.87. The number of rotatable bonds is 3. The molecule has 0 radical (unpaired) electrons. The highest BCUT2D eigenvalue weighted by Gasteiger charge is 2.42. The standard InChI is InChI=1S/C19H20N2O3/c22-18(23)16-8-14(9-20-10-16)11-21-12-15-4-1-2-5-17(15)24-19(13-21)6-3-7-19/h1-2,4-5,8-10H,3,6-7,11-13H2,(H,22,23). The summed E-state index contributed by atoms with van der Waals surface area (Å²) in [5, 5.41) is 9.15. The van der Waals surface area contributed by atoms with Crippen molar-refractivity contribution in [2.24, 2.45) is 0 Å². The van der Waals surface area contributed by atoms with Crippen LogP contribution in [0.1, 0.15) is 40.7 Å². The van der Waals surface area contributed by atoms with Crippen molar-refractivity contribution >= 4 is 5.97 Å². The van der Waals surface area contributed by atoms with Crippen LogP contribution in [0.4, 0.5) is 0 Å². The molecule has 2 aliphatic rings. The van der Waals surface area contributed by atoms with E-state index in [-0.39, 0.29) is 11.2 Å². The number of pyridine rings is 1. The van der Waals surface area contributed by atoms with Crippen molar-refractivity contribution < 1.29 is 14.6 Å². The van der Waals surface area contributed by atoms with Gasteiger partial charge in [-0.2, -0.15) is 0 Å². The number of hydrogen-bond donors (Lipinski definition) is 1. The third-order valence-corrected chi connectivity index (χ3v) is 4.92. The fourth-order valence-corrected chi connectivity index (χ4v) is 3.60. The molecule has 124 valence electrons. The van der Waals surface area contributed by atoms with E-state index in [1.54, 1.807) is 12.3 Å². The number of aromatic nitrogens is 1. The molecule has 1 aromatic carbocycles. The maximum atomic E-state index is 11.1. The molecule has 2 aromatic rings. The normalized spacial score (nSPS) is 19.0. The molecule has 1 aromatic heterocycles. The van der Waals surface area contributed by atoms with Crippen LogP contribution in [-0.2, 0) is 13.1 Å². The minimum absolute atomic E-state index is 0.0928. The number of fused-ring (bicyclic) bond motifs is 1. The van der Waals surface area contributed by atoms with Crippen molar-refractivity contribution in [3.8, 4) is 5.75 Å². The van der Waals surface area contributed by atoms with Gasteiger partial charge in [-0.1, -0.05) is 18.2 Å². The summed E-state index contributed by atoms with van der Waals surface area (Å²) in [5.41, 5.74) is 2.24. The molecule has 0 bridgehead atoms. The van der Waals surface area contributed by atoms with Crippen molar-refractivity contribution in [1.29, 1.82) is 0 Å². The highest BCUT2D eigenvalue weighted by atomic mass is 16.5. The Morgan fingerprint density at radius 1 is 1.29 bits per heavy atom. The summed E-state index contributed by atoms with van der Waals surface area (Å²) in [6.45, 7) is 2.34. The first-order valence-corrected chi connectivity index (χ1v) is 8.30. The van der Waals surface area contributed by atoms with E-state index in [2.05, 4.69) is 16.0 Å². The van der Waals surface area contributed by atoms with Gasteiger partial charge in [0, 0.05) is 37.6 Å². The molecule has 1 saturated carbocycles. The minimum Gasteiger partial charge on any atom is -0.486 e. The summed E-state index contributed by atoms with van der Waals surface area (Å²) < 4.78 is 6.36. The fourth-order valence-electron chi connectivity index (χ4n) is 3.60. The van der Waals surface area contributed by atoms with Gasteiger partial charge in [-0.05, 0) is 37.0 Å². The zero-order valence-electron chi connectivity index (χ0n) is 13.4. The van der Waals surface area contributed by atoms with E-state index in [0.29, 0.717) is 6.54 Å². The Morgan fingerprint density at radius 3 is 2.88 bits per heavy atom. The molecule has 1 N–H and O–H groups in total. The van der Waals surface area contributed by atoms with Gasteiger partial charge in [0.15, 0.2) is 0 Å². The number of benzene rings is 1. The van der Waals surface area contributed by atoms with Gasteiger partial charge in [-0.15, -0.1) is 0 Å². The number of hydrogen-bond acceptors (Lipinski definition) is 4. The zero-order valence-corrected chi connectivity index (χ0v) is 13.4. The van der Waals surface area contributed by atoms with E-state index in [0.717, 1.165) is 37.2 Å². The van der Waals surface area contributed by atoms with Crippen LogP contribution >= 0.6 is 0 Å². The summed E-state index contributed by atoms with van der Waals surface area (Å²) in [6, 6.07) is 9.91. The van der Waals surface area contributed by atoms with Crippen LogP contribution < -0.4 is 4.74 Å². The maximum Gasteiger partial charge on any atom is 0.337 e. The molecule has 1 aliphatic carbocycles. The molecule has 0 saturated heterocycles. The molecule has 1 aliphatic heterocycles. The average Bonchev–Trinajstić information content (AvgIpc) is 2.71. The van der Waals surface area contributed by atoms with Crippen molar-refractivity contribution in [3.05, 3.63) is 59.4 Å². The van der Waals surface area contributed by atoms with Gasteiger partial charge in [0.05, 0.1) is 5.56 Å². The third-order valence-electron chi connectivity index (χ3n) is 4.92. The van der Waals surface area contributed by atoms with Crippen molar-refractivity contribution in [2.45, 2.75) is 38.0 Å². The summed E-state index contributed by atoms with van der Waals surface area (Å²) in [6.07, 6.45) is 6.49. The lowest BCUT2D eigenvalue weighted by Crippen LogP contribution is -2.50. The molecular weight excluding hydrogens is 304 g/mol. The summed E-state index contributed by atoms with van der Waals surface area (Å²) in [5.74, 6) is 0.0430. The molecule has 5 heteroatoms. The number of ether oxygens (including phenoxy) is 1. The van der Waals surface area contributed by atoms with Gasteiger partial charge < -0.3 is 9.84 Å². The molecule has 4 rings (SSSR count). The number of carboxylic acids is 1. The summed E-state index contributed by atoms with van der Waals surface area (Å²) in [7, 11) is 0. The fraction of sp³-hybridized carbons (Fsp3) is 0.368. The Kier molecular flexibility index (Phi) is 3.73. The molecule has 0 unspecified atom stereocenters. The van der Waals surface area contributed by atoms with Crippen molar-refractivity contribution in [1.82, 2.24) is 9.88 Å². The largest absolute Gasteiger partial charge is 0.486 e. The van der Waals surface area contributed by atoms with Crippen LogP contribution in [0.5, 0.6) is 5.75 Å². The Labute approximate surface area is 140 Å². The van der Waals surface area contributed by atoms with Gasteiger partial charge in [0.25, 0.3) is 0 Å². The van der Waals surface area contributed by atoms with E-state index in [4.69, 9.17) is 9.84 Å². The minimum atomic E-state index is -0.940. The van der Waals surface area contributed by atoms with E-state index in [1.165, 1.54) is 18.2 Å². The predicted molar refractivity (Wildman–Crippen MR) is 89.0 cm³/mol. The lowest BCUT2D eigenvalue weighted by Gasteiger charge is -2.43. The van der Waals surface area contributed by atoms with E-state index < -0.39 is 5.97 Å². The number of aromatic carboxylic acids is 1. The Balaban J connectivity index is 1.60. The summed E-state index contributed by atoms with van der Waals surface area (Å²) in [4.78, 5) is 17.6. The monoisotopic (exact) mass is 324 g/mol. The summed E-state index contributed by atoms with van der Waals surface area (Å²) >= 11 is 0. The van der Waals surface area contributed by atoms with Gasteiger partial charge in [-0.25, -0.2) is 4.79 Å². The lowest BCUT2D eigenvalue weighted by molar-refractivity contribution is -0.0302. The number of para-hydroxylation sites is 1. The SMILES string of the molecule is O=C(O)c1cncc(CN2Cc3ccccc3OC3(CCC3)C2)c1. The van der Waals surface area contributed by atoms with Crippen LogP contribution in [0.3, 0.4) is 0 Å². The first-order chi connectivity index (χ1) is 11.6. The number of carbonyl (C=O) groups is 1. The Hall–Kier alpha value is -2.40. The van der Waals surface area contributed by atoms with E-state index >= 15 is 0 Å². The second-order valence-corrected chi connectivity index (χ2v) is 6.78. The van der Waals surface area contributed by atoms with Crippen LogP contribution in [0.15, 0.2) is 42.7 Å². The van der Waals surface area contributed by atoms with Crippen LogP contribution in [-0.4, -0.2) is 33.1 Å². The molecule has 2 heterocycles. The first kappa shape index (κ1) is 15.1. The molecule has 0 amide bonds. The van der Waals surface area contributed by atoms with Crippen molar-refractivity contribution in [3.63, 3.8) is 0 Å². The second-order valence-electron chi connectivity index (χ2n) is 6.78. The topological polar surface area (TPSA) is 62.7 Å². The van der Waals surface area contributed by atoms with Gasteiger partial charge >= 0.3 is 5.97 Å². The van der Waals surface area contributed by atoms with Crippen LogP contribution in [0.25, 0.3) is 0 Å². The zero-order chi connectivity index (χ0) is 16.6. The maximum absolute atomic E-state index is 11.1. The Morgan fingerprint density at radius 2 is 2.12 bits per heavy atom. The molecule has 1 fully saturated rings. The van der Waals surface area contributed by atoms with Crippen molar-refractivity contribution in [2.75, 3.05) is 6.54 Å². The molecule has 5 nitrogen and oxygen atoms in total. The highest BCUT2D eigenvalue weighted by molar-refractivity contribution is 5.87. The first-order valence-electron chi connectivity index (χ1n) is 8.30. The number of nitrogens with zero attached hydrogens (tertiary/aromatic N) is 2. The smallest absolute Gasteiger partial charge is 0.337 e. The van der Waals surface area contributed by atoms with Gasteiger partial charge in [0.1, 0.15) is 11.4 Å². The van der Waals surface area contributed by atoms with Gasteiger partial charge in [-0.3, -0.25) is 9.88 Å². The highest BCUT2D eigenvalue weighted by Crippen LogP contribution is 2.41. The van der Waals surface area contributed by atoms with Crippen LogP contribution in [0.2, 0.25) is 0 Å². The van der Waals surface area contributed by atoms with Crippen LogP contribution in [0, 0.1) is 0 Å². The quantitative estimate of drug-likeness (QED) is 0.940. The Bertz CT molecular complexity index is 771. The lowest BCUT2D eigenvalue weighted by atomic mass is 9.79. The second kappa shape index (κ2) is 5.91. The molecule has 0 atom stereocenters. The van der Waals surface area contributed by atoms with Gasteiger partial charge in [0.2, 0.25) is 0 Å². The molecule has 1 spiro atoms. The molecule has 24 heavy (non-hydrogen) atoms. The average molecular weight is 324 g/mol. The van der Waals surface area contributed by atoms with E-state index in [9.17, 15) is 4.79 Å². The predicted octanol–water partition coefficient (Wildman–Crippen LogP) is 3.10.